The summed E-state index contributed by atoms with van der Waals surface area (Å²) >= 11 is 6.07. The van der Waals surface area contributed by atoms with Crippen molar-refractivity contribution in [1.82, 2.24) is 9.47 Å². The van der Waals surface area contributed by atoms with Crippen molar-refractivity contribution in [3.8, 4) is 0 Å². The summed E-state index contributed by atoms with van der Waals surface area (Å²) in [5, 5.41) is -0.485. The van der Waals surface area contributed by atoms with E-state index in [0.29, 0.717) is 6.54 Å². The minimum atomic E-state index is -0.485. The SMILES string of the molecule is CCCCCN(Cc1cccn1Cc1ccccc1C)C(=O)[C@@H](C)Cl. The van der Waals surface area contributed by atoms with E-state index in [9.17, 15) is 4.79 Å². The molecule has 0 spiro atoms. The van der Waals surface area contributed by atoms with E-state index in [4.69, 9.17) is 11.6 Å². The van der Waals surface area contributed by atoms with Crippen LogP contribution >= 0.6 is 11.6 Å². The molecule has 25 heavy (non-hydrogen) atoms. The van der Waals surface area contributed by atoms with Crippen molar-refractivity contribution in [2.45, 2.75) is 58.5 Å². The number of aromatic nitrogens is 1. The fourth-order valence-corrected chi connectivity index (χ4v) is 3.12. The average molecular weight is 361 g/mol. The lowest BCUT2D eigenvalue weighted by atomic mass is 10.1. The fourth-order valence-electron chi connectivity index (χ4n) is 2.99. The second-order valence-electron chi connectivity index (χ2n) is 6.64. The number of unbranched alkanes of at least 4 members (excludes halogenated alkanes) is 2. The summed E-state index contributed by atoms with van der Waals surface area (Å²) in [5.74, 6) is 0.0152. The number of aryl methyl sites for hydroxylation is 1. The van der Waals surface area contributed by atoms with Crippen molar-refractivity contribution in [2.75, 3.05) is 6.54 Å². The van der Waals surface area contributed by atoms with E-state index in [0.717, 1.165) is 38.0 Å². The Bertz CT molecular complexity index is 678. The van der Waals surface area contributed by atoms with Crippen LogP contribution < -0.4 is 0 Å². The van der Waals surface area contributed by atoms with E-state index in [1.165, 1.54) is 11.1 Å². The van der Waals surface area contributed by atoms with Gasteiger partial charge in [-0.05, 0) is 43.5 Å². The van der Waals surface area contributed by atoms with Crippen LogP contribution in [-0.4, -0.2) is 27.3 Å². The topological polar surface area (TPSA) is 25.2 Å². The summed E-state index contributed by atoms with van der Waals surface area (Å²) < 4.78 is 2.22. The standard InChI is InChI=1S/C21H29ClN2O/c1-4-5-8-13-24(21(25)18(3)22)16-20-12-9-14-23(20)15-19-11-7-6-10-17(19)2/h6-7,9-12,14,18H,4-5,8,13,15-16H2,1-3H3/t18-/m1/s1. The second-order valence-corrected chi connectivity index (χ2v) is 7.29. The number of hydrogen-bond acceptors (Lipinski definition) is 1. The molecule has 3 nitrogen and oxygen atoms in total. The molecular weight excluding hydrogens is 332 g/mol. The van der Waals surface area contributed by atoms with Crippen LogP contribution in [0.5, 0.6) is 0 Å². The third kappa shape index (κ3) is 5.64. The molecule has 0 fully saturated rings. The molecule has 0 aliphatic carbocycles. The van der Waals surface area contributed by atoms with Gasteiger partial charge in [0.2, 0.25) is 5.91 Å². The number of amides is 1. The Morgan fingerprint density at radius 1 is 1.20 bits per heavy atom. The van der Waals surface area contributed by atoms with Crippen molar-refractivity contribution in [2.24, 2.45) is 0 Å². The highest BCUT2D eigenvalue weighted by Gasteiger charge is 2.19. The molecule has 1 amide bonds. The van der Waals surface area contributed by atoms with Crippen molar-refractivity contribution >= 4 is 17.5 Å². The third-order valence-electron chi connectivity index (χ3n) is 4.56. The Balaban J connectivity index is 2.12. The minimum Gasteiger partial charge on any atom is -0.345 e. The summed E-state index contributed by atoms with van der Waals surface area (Å²) in [5.41, 5.74) is 3.73. The van der Waals surface area contributed by atoms with Crippen LogP contribution in [0.2, 0.25) is 0 Å². The van der Waals surface area contributed by atoms with Crippen molar-refractivity contribution < 1.29 is 4.79 Å². The molecule has 0 N–H and O–H groups in total. The van der Waals surface area contributed by atoms with Crippen LogP contribution in [-0.2, 0) is 17.9 Å². The Kier molecular flexibility index (Phi) is 7.57. The van der Waals surface area contributed by atoms with Gasteiger partial charge in [0.05, 0.1) is 6.54 Å². The molecule has 1 heterocycles. The van der Waals surface area contributed by atoms with Gasteiger partial charge in [-0.15, -0.1) is 11.6 Å². The van der Waals surface area contributed by atoms with Gasteiger partial charge in [-0.2, -0.15) is 0 Å². The summed E-state index contributed by atoms with van der Waals surface area (Å²) in [6, 6.07) is 12.6. The van der Waals surface area contributed by atoms with Crippen LogP contribution in [0.1, 0.15) is 49.9 Å². The van der Waals surface area contributed by atoms with Crippen LogP contribution in [0, 0.1) is 6.92 Å². The van der Waals surface area contributed by atoms with E-state index in [2.05, 4.69) is 54.9 Å². The summed E-state index contributed by atoms with van der Waals surface area (Å²) in [6.07, 6.45) is 5.37. The number of carbonyl (C=O) groups is 1. The van der Waals surface area contributed by atoms with Crippen LogP contribution in [0.15, 0.2) is 42.6 Å². The normalized spacial score (nSPS) is 12.2. The molecule has 4 heteroatoms. The molecule has 0 aliphatic rings. The second kappa shape index (κ2) is 9.67. The highest BCUT2D eigenvalue weighted by Crippen LogP contribution is 2.15. The lowest BCUT2D eigenvalue weighted by Crippen LogP contribution is -2.36. The number of rotatable bonds is 9. The number of benzene rings is 1. The summed E-state index contributed by atoms with van der Waals surface area (Å²) in [7, 11) is 0. The molecule has 0 aliphatic heterocycles. The number of alkyl halides is 1. The first-order chi connectivity index (χ1) is 12.0. The molecular formula is C21H29ClN2O. The van der Waals surface area contributed by atoms with Crippen molar-refractivity contribution in [1.29, 1.82) is 0 Å². The van der Waals surface area contributed by atoms with Crippen LogP contribution in [0.25, 0.3) is 0 Å². The number of carbonyl (C=O) groups excluding carboxylic acids is 1. The third-order valence-corrected chi connectivity index (χ3v) is 4.75. The maximum atomic E-state index is 12.5. The van der Waals surface area contributed by atoms with Gasteiger partial charge in [-0.1, -0.05) is 44.0 Å². The molecule has 2 aromatic rings. The van der Waals surface area contributed by atoms with E-state index in [-0.39, 0.29) is 5.91 Å². The predicted octanol–water partition coefficient (Wildman–Crippen LogP) is 4.99. The molecule has 0 saturated heterocycles. The fraction of sp³-hybridized carbons (Fsp3) is 0.476. The maximum absolute atomic E-state index is 12.5. The van der Waals surface area contributed by atoms with E-state index < -0.39 is 5.38 Å². The molecule has 0 saturated carbocycles. The first-order valence-electron chi connectivity index (χ1n) is 9.14. The van der Waals surface area contributed by atoms with E-state index >= 15 is 0 Å². The molecule has 2 rings (SSSR count). The molecule has 0 bridgehead atoms. The van der Waals surface area contributed by atoms with Gasteiger partial charge in [-0.25, -0.2) is 0 Å². The minimum absolute atomic E-state index is 0.0152. The zero-order valence-corrected chi connectivity index (χ0v) is 16.3. The Labute approximate surface area is 156 Å². The molecule has 136 valence electrons. The maximum Gasteiger partial charge on any atom is 0.240 e. The Morgan fingerprint density at radius 3 is 2.64 bits per heavy atom. The molecule has 1 atom stereocenters. The molecule has 1 aromatic heterocycles. The number of hydrogen-bond donors (Lipinski definition) is 0. The smallest absolute Gasteiger partial charge is 0.240 e. The van der Waals surface area contributed by atoms with Gasteiger partial charge >= 0.3 is 0 Å². The zero-order valence-electron chi connectivity index (χ0n) is 15.5. The van der Waals surface area contributed by atoms with Gasteiger partial charge in [0.1, 0.15) is 5.38 Å². The van der Waals surface area contributed by atoms with Gasteiger partial charge in [0.15, 0.2) is 0 Å². The van der Waals surface area contributed by atoms with Crippen LogP contribution in [0.4, 0.5) is 0 Å². The average Bonchev–Trinajstić information content (AvgIpc) is 3.02. The Morgan fingerprint density at radius 2 is 1.96 bits per heavy atom. The van der Waals surface area contributed by atoms with Crippen LogP contribution in [0.3, 0.4) is 0 Å². The Hall–Kier alpha value is -1.74. The molecule has 0 unspecified atom stereocenters. The highest BCUT2D eigenvalue weighted by atomic mass is 35.5. The van der Waals surface area contributed by atoms with Gasteiger partial charge in [-0.3, -0.25) is 4.79 Å². The van der Waals surface area contributed by atoms with Crippen molar-refractivity contribution in [3.05, 3.63) is 59.4 Å². The first-order valence-corrected chi connectivity index (χ1v) is 9.58. The summed E-state index contributed by atoms with van der Waals surface area (Å²) in [6.45, 7) is 8.25. The van der Waals surface area contributed by atoms with E-state index in [1.807, 2.05) is 11.0 Å². The van der Waals surface area contributed by atoms with Gasteiger partial charge in [0, 0.05) is 25.0 Å². The lowest BCUT2D eigenvalue weighted by Gasteiger charge is -2.25. The first kappa shape index (κ1) is 19.6. The summed E-state index contributed by atoms with van der Waals surface area (Å²) in [4.78, 5) is 14.4. The van der Waals surface area contributed by atoms with Gasteiger partial charge < -0.3 is 9.47 Å². The number of nitrogens with zero attached hydrogens (tertiary/aromatic N) is 2. The monoisotopic (exact) mass is 360 g/mol. The van der Waals surface area contributed by atoms with E-state index in [1.54, 1.807) is 6.92 Å². The predicted molar refractivity (Wildman–Crippen MR) is 105 cm³/mol. The quantitative estimate of drug-likeness (QED) is 0.456. The van der Waals surface area contributed by atoms with Gasteiger partial charge in [0.25, 0.3) is 0 Å². The molecule has 1 aromatic carbocycles. The lowest BCUT2D eigenvalue weighted by molar-refractivity contribution is -0.131. The largest absolute Gasteiger partial charge is 0.345 e. The highest BCUT2D eigenvalue weighted by molar-refractivity contribution is 6.30. The zero-order chi connectivity index (χ0) is 18.2. The number of halogens is 1. The van der Waals surface area contributed by atoms with Crippen molar-refractivity contribution in [3.63, 3.8) is 0 Å². The molecule has 0 radical (unpaired) electrons.